The number of methoxy groups -OCH3 is 1. The van der Waals surface area contributed by atoms with Crippen molar-refractivity contribution < 1.29 is 14.3 Å². The number of carbonyl (C=O) groups excluding carboxylic acids is 1. The van der Waals surface area contributed by atoms with E-state index in [0.717, 1.165) is 30.6 Å². The third-order valence-electron chi connectivity index (χ3n) is 3.45. The fraction of sp³-hybridized carbons (Fsp3) is 0.588. The van der Waals surface area contributed by atoms with Gasteiger partial charge in [-0.25, -0.2) is 0 Å². The van der Waals surface area contributed by atoms with E-state index >= 15 is 0 Å². The maximum atomic E-state index is 12.2. The molecule has 124 valence electrons. The van der Waals surface area contributed by atoms with Crippen molar-refractivity contribution >= 4 is 17.5 Å². The lowest BCUT2D eigenvalue weighted by Gasteiger charge is -2.23. The highest BCUT2D eigenvalue weighted by molar-refractivity contribution is 6.22. The molecule has 0 radical (unpaired) electrons. The molecule has 0 aromatic heterocycles. The minimum absolute atomic E-state index is 0.0174. The Morgan fingerprint density at radius 3 is 2.95 bits per heavy atom. The number of hydrogen-bond donors (Lipinski definition) is 1. The average molecular weight is 328 g/mol. The van der Waals surface area contributed by atoms with E-state index < -0.39 is 6.10 Å². The Hall–Kier alpha value is -1.42. The summed E-state index contributed by atoms with van der Waals surface area (Å²) in [6, 6.07) is 0. The molecule has 0 fully saturated rings. The molecule has 2 atom stereocenters. The molecule has 1 N–H and O–H groups in total. The van der Waals surface area contributed by atoms with Crippen molar-refractivity contribution in [1.29, 1.82) is 0 Å². The molecule has 0 aliphatic heterocycles. The van der Waals surface area contributed by atoms with Crippen LogP contribution in [0.15, 0.2) is 35.8 Å². The third kappa shape index (κ3) is 6.14. The van der Waals surface area contributed by atoms with Gasteiger partial charge in [0.15, 0.2) is 6.10 Å². The van der Waals surface area contributed by atoms with Gasteiger partial charge in [-0.1, -0.05) is 19.9 Å². The Balaban J connectivity index is 2.55. The van der Waals surface area contributed by atoms with Crippen LogP contribution in [-0.2, 0) is 14.3 Å². The Kier molecular flexibility index (Phi) is 8.75. The van der Waals surface area contributed by atoms with Crippen LogP contribution in [0.1, 0.15) is 39.5 Å². The van der Waals surface area contributed by atoms with Gasteiger partial charge in [0, 0.05) is 6.54 Å². The summed E-state index contributed by atoms with van der Waals surface area (Å²) in [6.45, 7) is 4.58. The standard InChI is InChI=1S/C17H26ClNO3/c1-4-13-12-14(18)8-9-16(13)22-15(5-2)17(20)19-10-6-7-11-21-3/h7-9,11,14-15H,4-6,10,12H2,1-3H3,(H,19,20)/b11-7+. The molecule has 0 aromatic carbocycles. The second kappa shape index (κ2) is 10.3. The van der Waals surface area contributed by atoms with E-state index in [1.54, 1.807) is 13.4 Å². The number of ether oxygens (including phenoxy) is 2. The fourth-order valence-corrected chi connectivity index (χ4v) is 2.45. The van der Waals surface area contributed by atoms with E-state index in [1.807, 2.05) is 25.2 Å². The van der Waals surface area contributed by atoms with E-state index in [1.165, 1.54) is 0 Å². The highest BCUT2D eigenvalue weighted by Gasteiger charge is 2.21. The molecule has 22 heavy (non-hydrogen) atoms. The second-order valence-electron chi connectivity index (χ2n) is 5.10. The lowest BCUT2D eigenvalue weighted by molar-refractivity contribution is -0.130. The normalized spacial score (nSPS) is 19.4. The van der Waals surface area contributed by atoms with E-state index in [4.69, 9.17) is 21.1 Å². The molecular formula is C17H26ClNO3. The quantitative estimate of drug-likeness (QED) is 0.399. The summed E-state index contributed by atoms with van der Waals surface area (Å²) in [7, 11) is 1.60. The lowest BCUT2D eigenvalue weighted by Crippen LogP contribution is -2.36. The second-order valence-corrected chi connectivity index (χ2v) is 5.66. The van der Waals surface area contributed by atoms with E-state index in [9.17, 15) is 4.79 Å². The van der Waals surface area contributed by atoms with Crippen LogP contribution in [0.2, 0.25) is 0 Å². The van der Waals surface area contributed by atoms with Gasteiger partial charge in [-0.2, -0.15) is 0 Å². The Morgan fingerprint density at radius 2 is 2.32 bits per heavy atom. The summed E-state index contributed by atoms with van der Waals surface area (Å²) < 4.78 is 10.7. The van der Waals surface area contributed by atoms with Gasteiger partial charge in [-0.15, -0.1) is 11.6 Å². The Labute approximate surface area is 138 Å². The molecule has 0 saturated carbocycles. The van der Waals surface area contributed by atoms with Crippen molar-refractivity contribution in [3.8, 4) is 0 Å². The summed E-state index contributed by atoms with van der Waals surface area (Å²) >= 11 is 6.13. The van der Waals surface area contributed by atoms with Crippen molar-refractivity contribution in [2.24, 2.45) is 0 Å². The molecule has 1 rings (SSSR count). The maximum absolute atomic E-state index is 12.2. The molecule has 4 nitrogen and oxygen atoms in total. The summed E-state index contributed by atoms with van der Waals surface area (Å²) in [6.07, 6.45) is 9.81. The van der Waals surface area contributed by atoms with Crippen molar-refractivity contribution in [2.45, 2.75) is 51.0 Å². The first-order valence-corrected chi connectivity index (χ1v) is 8.22. The first-order chi connectivity index (χ1) is 10.6. The summed E-state index contributed by atoms with van der Waals surface area (Å²) in [4.78, 5) is 12.2. The van der Waals surface area contributed by atoms with Crippen molar-refractivity contribution in [1.82, 2.24) is 5.32 Å². The lowest BCUT2D eigenvalue weighted by atomic mass is 10.0. The highest BCUT2D eigenvalue weighted by atomic mass is 35.5. The van der Waals surface area contributed by atoms with Gasteiger partial charge < -0.3 is 14.8 Å². The highest BCUT2D eigenvalue weighted by Crippen LogP contribution is 2.27. The zero-order chi connectivity index (χ0) is 16.4. The van der Waals surface area contributed by atoms with Crippen molar-refractivity contribution in [2.75, 3.05) is 13.7 Å². The first-order valence-electron chi connectivity index (χ1n) is 7.78. The average Bonchev–Trinajstić information content (AvgIpc) is 2.53. The number of allylic oxidation sites excluding steroid dienone is 3. The minimum atomic E-state index is -0.473. The molecule has 0 saturated heterocycles. The monoisotopic (exact) mass is 327 g/mol. The topological polar surface area (TPSA) is 47.6 Å². The summed E-state index contributed by atoms with van der Waals surface area (Å²) in [5.74, 6) is 0.707. The number of rotatable bonds is 9. The van der Waals surface area contributed by atoms with Gasteiger partial charge in [0.25, 0.3) is 5.91 Å². The number of nitrogens with one attached hydrogen (secondary N) is 1. The number of carbonyl (C=O) groups is 1. The Morgan fingerprint density at radius 1 is 1.55 bits per heavy atom. The van der Waals surface area contributed by atoms with Crippen LogP contribution < -0.4 is 5.32 Å². The van der Waals surface area contributed by atoms with Gasteiger partial charge in [-0.05, 0) is 43.4 Å². The zero-order valence-electron chi connectivity index (χ0n) is 13.6. The van der Waals surface area contributed by atoms with E-state index in [-0.39, 0.29) is 11.3 Å². The predicted molar refractivity (Wildman–Crippen MR) is 89.7 cm³/mol. The molecular weight excluding hydrogens is 302 g/mol. The number of alkyl halides is 1. The molecule has 5 heteroatoms. The summed E-state index contributed by atoms with van der Waals surface area (Å²) in [5.41, 5.74) is 1.16. The summed E-state index contributed by atoms with van der Waals surface area (Å²) in [5, 5.41) is 2.90. The van der Waals surface area contributed by atoms with E-state index in [0.29, 0.717) is 13.0 Å². The van der Waals surface area contributed by atoms with Crippen molar-refractivity contribution in [3.05, 3.63) is 35.8 Å². The minimum Gasteiger partial charge on any atom is -0.505 e. The smallest absolute Gasteiger partial charge is 0.261 e. The molecule has 0 heterocycles. The number of hydrogen-bond acceptors (Lipinski definition) is 3. The van der Waals surface area contributed by atoms with Gasteiger partial charge in [-0.3, -0.25) is 4.79 Å². The SMILES string of the molecule is CCC1=C(OC(CC)C(=O)NCC/C=C/OC)C=CC(Cl)C1. The molecule has 0 bridgehead atoms. The van der Waals surface area contributed by atoms with Crippen LogP contribution in [0.25, 0.3) is 0 Å². The molecule has 0 spiro atoms. The van der Waals surface area contributed by atoms with Crippen LogP contribution in [0.5, 0.6) is 0 Å². The molecule has 0 aromatic rings. The number of amides is 1. The largest absolute Gasteiger partial charge is 0.505 e. The van der Waals surface area contributed by atoms with Crippen LogP contribution in [0, 0.1) is 0 Å². The fourth-order valence-electron chi connectivity index (χ4n) is 2.19. The predicted octanol–water partition coefficient (Wildman–Crippen LogP) is 3.68. The van der Waals surface area contributed by atoms with Gasteiger partial charge in [0.1, 0.15) is 5.76 Å². The third-order valence-corrected chi connectivity index (χ3v) is 3.75. The van der Waals surface area contributed by atoms with Gasteiger partial charge in [0.2, 0.25) is 0 Å². The van der Waals surface area contributed by atoms with E-state index in [2.05, 4.69) is 12.2 Å². The zero-order valence-corrected chi connectivity index (χ0v) is 14.4. The van der Waals surface area contributed by atoms with Crippen LogP contribution in [0.4, 0.5) is 0 Å². The van der Waals surface area contributed by atoms with Crippen LogP contribution in [0.3, 0.4) is 0 Å². The maximum Gasteiger partial charge on any atom is 0.261 e. The van der Waals surface area contributed by atoms with Gasteiger partial charge >= 0.3 is 0 Å². The van der Waals surface area contributed by atoms with Gasteiger partial charge in [0.05, 0.1) is 18.7 Å². The van der Waals surface area contributed by atoms with Crippen LogP contribution >= 0.6 is 11.6 Å². The molecule has 1 aliphatic carbocycles. The first kappa shape index (κ1) is 18.6. The molecule has 1 aliphatic rings. The molecule has 1 amide bonds. The Bertz CT molecular complexity index is 443. The van der Waals surface area contributed by atoms with Crippen LogP contribution in [-0.4, -0.2) is 31.0 Å². The molecule has 2 unspecified atom stereocenters. The number of halogens is 1. The van der Waals surface area contributed by atoms with Crippen molar-refractivity contribution in [3.63, 3.8) is 0 Å².